The highest BCUT2D eigenvalue weighted by Gasteiger charge is 2.26. The van der Waals surface area contributed by atoms with Crippen LogP contribution < -0.4 is 5.32 Å². The van der Waals surface area contributed by atoms with Crippen LogP contribution in [0.15, 0.2) is 24.3 Å². The lowest BCUT2D eigenvalue weighted by Gasteiger charge is -2.25. The number of benzene rings is 1. The Kier molecular flexibility index (Phi) is 4.76. The topological polar surface area (TPSA) is 12.0 Å². The van der Waals surface area contributed by atoms with Crippen LogP contribution in [0.3, 0.4) is 0 Å². The molecule has 0 bridgehead atoms. The van der Waals surface area contributed by atoms with Gasteiger partial charge in [0.15, 0.2) is 0 Å². The average Bonchev–Trinajstić information content (AvgIpc) is 3.19. The maximum absolute atomic E-state index is 13.8. The van der Waals surface area contributed by atoms with Crippen LogP contribution in [-0.4, -0.2) is 6.04 Å². The molecule has 1 saturated carbocycles. The molecule has 0 heterocycles. The van der Waals surface area contributed by atoms with Gasteiger partial charge >= 0.3 is 0 Å². The summed E-state index contributed by atoms with van der Waals surface area (Å²) < 4.78 is 13.8. The highest BCUT2D eigenvalue weighted by Crippen LogP contribution is 2.34. The van der Waals surface area contributed by atoms with Crippen molar-refractivity contribution < 1.29 is 4.39 Å². The van der Waals surface area contributed by atoms with Crippen LogP contribution >= 0.6 is 0 Å². The van der Waals surface area contributed by atoms with E-state index >= 15 is 0 Å². The first-order valence-electron chi connectivity index (χ1n) is 7.25. The lowest BCUT2D eigenvalue weighted by molar-refractivity contribution is 0.376. The van der Waals surface area contributed by atoms with Crippen molar-refractivity contribution in [2.24, 2.45) is 5.92 Å². The maximum Gasteiger partial charge on any atom is 0.127 e. The Labute approximate surface area is 110 Å². The summed E-state index contributed by atoms with van der Waals surface area (Å²) in [5, 5.41) is 3.64. The van der Waals surface area contributed by atoms with Crippen molar-refractivity contribution in [2.45, 2.75) is 58.0 Å². The van der Waals surface area contributed by atoms with E-state index in [1.807, 2.05) is 12.1 Å². The molecule has 1 fully saturated rings. The van der Waals surface area contributed by atoms with E-state index < -0.39 is 0 Å². The monoisotopic (exact) mass is 249 g/mol. The lowest BCUT2D eigenvalue weighted by Crippen LogP contribution is -2.33. The molecular weight excluding hydrogens is 225 g/mol. The van der Waals surface area contributed by atoms with Crippen molar-refractivity contribution in [3.05, 3.63) is 35.6 Å². The minimum absolute atomic E-state index is 0.0851. The number of hydrogen-bond donors (Lipinski definition) is 1. The van der Waals surface area contributed by atoms with Gasteiger partial charge in [-0.3, -0.25) is 0 Å². The van der Waals surface area contributed by atoms with Crippen LogP contribution in [0, 0.1) is 11.7 Å². The van der Waals surface area contributed by atoms with Gasteiger partial charge in [-0.25, -0.2) is 4.39 Å². The molecule has 2 heteroatoms. The molecule has 0 aliphatic heterocycles. The van der Waals surface area contributed by atoms with Crippen molar-refractivity contribution in [2.75, 3.05) is 0 Å². The molecule has 100 valence electrons. The zero-order valence-electron chi connectivity index (χ0n) is 11.5. The van der Waals surface area contributed by atoms with Gasteiger partial charge in [0.05, 0.1) is 0 Å². The standard InChI is InChI=1S/C16H24FN/c1-3-13(11-12-9-10-12)18-16(4-2)14-7-5-6-8-15(14)17/h5-8,12-13,16,18H,3-4,9-11H2,1-2H3. The first-order chi connectivity index (χ1) is 8.74. The van der Waals surface area contributed by atoms with Gasteiger partial charge in [-0.05, 0) is 31.2 Å². The molecule has 2 atom stereocenters. The summed E-state index contributed by atoms with van der Waals surface area (Å²) in [5.41, 5.74) is 0.814. The number of nitrogens with one attached hydrogen (secondary N) is 1. The van der Waals surface area contributed by atoms with Gasteiger partial charge in [0.1, 0.15) is 5.82 Å². The lowest BCUT2D eigenvalue weighted by atomic mass is 10.00. The first kappa shape index (κ1) is 13.5. The molecule has 2 rings (SSSR count). The van der Waals surface area contributed by atoms with E-state index in [1.165, 1.54) is 19.3 Å². The Morgan fingerprint density at radius 2 is 1.94 bits per heavy atom. The van der Waals surface area contributed by atoms with E-state index in [0.29, 0.717) is 6.04 Å². The quantitative estimate of drug-likeness (QED) is 0.753. The highest BCUT2D eigenvalue weighted by molar-refractivity contribution is 5.21. The second-order valence-electron chi connectivity index (χ2n) is 5.43. The molecule has 2 unspecified atom stereocenters. The molecule has 1 aliphatic rings. The van der Waals surface area contributed by atoms with Gasteiger partial charge in [0.2, 0.25) is 0 Å². The van der Waals surface area contributed by atoms with E-state index in [4.69, 9.17) is 0 Å². The van der Waals surface area contributed by atoms with E-state index in [9.17, 15) is 4.39 Å². The Balaban J connectivity index is 2.01. The average molecular weight is 249 g/mol. The fraction of sp³-hybridized carbons (Fsp3) is 0.625. The minimum atomic E-state index is -0.0851. The van der Waals surface area contributed by atoms with Crippen molar-refractivity contribution in [1.82, 2.24) is 5.32 Å². The number of halogens is 1. The Morgan fingerprint density at radius 3 is 2.50 bits per heavy atom. The van der Waals surface area contributed by atoms with E-state index in [2.05, 4.69) is 19.2 Å². The predicted molar refractivity (Wildman–Crippen MR) is 74.0 cm³/mol. The van der Waals surface area contributed by atoms with E-state index in [-0.39, 0.29) is 11.9 Å². The normalized spacial score (nSPS) is 18.6. The minimum Gasteiger partial charge on any atom is -0.307 e. The molecule has 1 aliphatic carbocycles. The summed E-state index contributed by atoms with van der Waals surface area (Å²) in [6.45, 7) is 4.34. The number of hydrogen-bond acceptors (Lipinski definition) is 1. The third-order valence-corrected chi connectivity index (χ3v) is 3.93. The smallest absolute Gasteiger partial charge is 0.127 e. The highest BCUT2D eigenvalue weighted by atomic mass is 19.1. The maximum atomic E-state index is 13.8. The summed E-state index contributed by atoms with van der Waals surface area (Å²) in [7, 11) is 0. The fourth-order valence-corrected chi connectivity index (χ4v) is 2.58. The van der Waals surface area contributed by atoms with E-state index in [0.717, 1.165) is 24.3 Å². The molecule has 1 aromatic carbocycles. The Bertz CT molecular complexity index is 373. The molecular formula is C16H24FN. The summed E-state index contributed by atoms with van der Waals surface area (Å²) in [5.74, 6) is 0.832. The van der Waals surface area contributed by atoms with Crippen molar-refractivity contribution in [1.29, 1.82) is 0 Å². The van der Waals surface area contributed by atoms with Gasteiger partial charge in [0, 0.05) is 17.6 Å². The van der Waals surface area contributed by atoms with Crippen molar-refractivity contribution in [3.63, 3.8) is 0 Å². The molecule has 0 spiro atoms. The molecule has 1 aromatic rings. The van der Waals surface area contributed by atoms with Crippen molar-refractivity contribution >= 4 is 0 Å². The second kappa shape index (κ2) is 6.33. The van der Waals surface area contributed by atoms with Crippen molar-refractivity contribution in [3.8, 4) is 0 Å². The molecule has 1 nitrogen and oxygen atoms in total. The third-order valence-electron chi connectivity index (χ3n) is 3.93. The number of rotatable bonds is 7. The van der Waals surface area contributed by atoms with Gasteiger partial charge in [-0.15, -0.1) is 0 Å². The van der Waals surface area contributed by atoms with Gasteiger partial charge in [-0.2, -0.15) is 0 Å². The van der Waals surface area contributed by atoms with Gasteiger partial charge in [-0.1, -0.05) is 44.9 Å². The zero-order valence-corrected chi connectivity index (χ0v) is 11.5. The van der Waals surface area contributed by atoms with Crippen LogP contribution in [0.4, 0.5) is 4.39 Å². The summed E-state index contributed by atoms with van der Waals surface area (Å²) in [4.78, 5) is 0. The molecule has 0 amide bonds. The second-order valence-corrected chi connectivity index (χ2v) is 5.43. The van der Waals surface area contributed by atoms with Crippen LogP contribution in [0.2, 0.25) is 0 Å². The van der Waals surface area contributed by atoms with Crippen LogP contribution in [0.1, 0.15) is 57.6 Å². The Morgan fingerprint density at radius 1 is 1.22 bits per heavy atom. The van der Waals surface area contributed by atoms with Crippen LogP contribution in [0.5, 0.6) is 0 Å². The molecule has 1 N–H and O–H groups in total. The first-order valence-corrected chi connectivity index (χ1v) is 7.25. The van der Waals surface area contributed by atoms with Crippen LogP contribution in [0.25, 0.3) is 0 Å². The SMILES string of the molecule is CCC(CC1CC1)NC(CC)c1ccccc1F. The Hall–Kier alpha value is -0.890. The van der Waals surface area contributed by atoms with Gasteiger partial charge < -0.3 is 5.32 Å². The fourth-order valence-electron chi connectivity index (χ4n) is 2.58. The summed E-state index contributed by atoms with van der Waals surface area (Å²) in [6, 6.07) is 7.82. The molecule has 18 heavy (non-hydrogen) atoms. The van der Waals surface area contributed by atoms with E-state index in [1.54, 1.807) is 12.1 Å². The molecule has 0 aromatic heterocycles. The third kappa shape index (κ3) is 3.55. The zero-order chi connectivity index (χ0) is 13.0. The predicted octanol–water partition coefficient (Wildman–Crippen LogP) is 4.45. The largest absolute Gasteiger partial charge is 0.307 e. The summed E-state index contributed by atoms with van der Waals surface area (Å²) >= 11 is 0. The van der Waals surface area contributed by atoms with Crippen LogP contribution in [-0.2, 0) is 0 Å². The molecule has 0 saturated heterocycles. The molecule has 0 radical (unpaired) electrons. The summed E-state index contributed by atoms with van der Waals surface area (Å²) in [6.07, 6.45) is 6.08. The van der Waals surface area contributed by atoms with Gasteiger partial charge in [0.25, 0.3) is 0 Å².